The summed E-state index contributed by atoms with van der Waals surface area (Å²) >= 11 is 0. The Morgan fingerprint density at radius 3 is 1.62 bits per heavy atom. The average molecular weight is 367 g/mol. The topological polar surface area (TPSA) is 29.1 Å². The maximum Gasteiger partial charge on any atom is 0.204 e. The van der Waals surface area contributed by atoms with E-state index in [4.69, 9.17) is 0 Å². The predicted molar refractivity (Wildman–Crippen MR) is 115 cm³/mol. The highest BCUT2D eigenvalue weighted by molar-refractivity contribution is 7.76. The zero-order valence-corrected chi connectivity index (χ0v) is 16.4. The van der Waals surface area contributed by atoms with E-state index < -0.39 is 7.29 Å². The summed E-state index contributed by atoms with van der Waals surface area (Å²) in [4.78, 5) is 0. The number of unbranched alkanes of at least 4 members (excludes halogenated alkanes) is 2. The molecular formula is C23H30NOP. The lowest BCUT2D eigenvalue weighted by Crippen LogP contribution is -2.35. The molecule has 0 bridgehead atoms. The Morgan fingerprint density at radius 2 is 1.23 bits per heavy atom. The molecule has 2 nitrogen and oxygen atoms in total. The maximum atomic E-state index is 14.1. The van der Waals surface area contributed by atoms with Crippen molar-refractivity contribution in [2.24, 2.45) is 0 Å². The van der Waals surface area contributed by atoms with Gasteiger partial charge in [0.2, 0.25) is 7.29 Å². The Kier molecular flexibility index (Phi) is 8.61. The third kappa shape index (κ3) is 5.83. The molecule has 0 aliphatic rings. The Labute approximate surface area is 158 Å². The molecule has 0 saturated heterocycles. The zero-order valence-electron chi connectivity index (χ0n) is 15.5. The van der Waals surface area contributed by atoms with Gasteiger partial charge in [0.05, 0.1) is 0 Å². The molecule has 0 amide bonds. The molecule has 138 valence electrons. The molecular weight excluding hydrogens is 337 g/mol. The van der Waals surface area contributed by atoms with E-state index in [9.17, 15) is 4.57 Å². The molecule has 2 rings (SSSR count). The van der Waals surface area contributed by atoms with Crippen molar-refractivity contribution >= 4 is 17.9 Å². The molecule has 3 heteroatoms. The fourth-order valence-electron chi connectivity index (χ4n) is 3.12. The summed E-state index contributed by atoms with van der Waals surface area (Å²) in [6.45, 7) is 7.63. The van der Waals surface area contributed by atoms with E-state index in [2.05, 4.69) is 18.2 Å². The van der Waals surface area contributed by atoms with E-state index in [0.717, 1.165) is 49.1 Å². The first-order valence-corrected chi connectivity index (χ1v) is 11.1. The summed E-state index contributed by atoms with van der Waals surface area (Å²) in [7, 11) is -2.88. The second-order valence-electron chi connectivity index (χ2n) is 6.55. The molecule has 0 spiro atoms. The van der Waals surface area contributed by atoms with Crippen molar-refractivity contribution in [1.29, 1.82) is 0 Å². The van der Waals surface area contributed by atoms with Gasteiger partial charge >= 0.3 is 0 Å². The van der Waals surface area contributed by atoms with Crippen LogP contribution in [0, 0.1) is 0 Å². The van der Waals surface area contributed by atoms with E-state index in [-0.39, 0.29) is 6.04 Å². The fourth-order valence-corrected chi connectivity index (χ4v) is 5.67. The molecule has 0 radical (unpaired) electrons. The summed E-state index contributed by atoms with van der Waals surface area (Å²) in [6.07, 6.45) is 9.97. The standard InChI is InChI=1S/C23H30NOP/c1-3-5-9-15-21(16-10-6-4-2)24-26(25,22-17-11-7-12-18-22)23-19-13-8-14-20-23/h3-4,7-8,11-14,17-21H,1-2,5-6,9-10,15-16H2,(H,24,25). The van der Waals surface area contributed by atoms with Crippen LogP contribution in [0.25, 0.3) is 0 Å². The molecule has 0 unspecified atom stereocenters. The highest BCUT2D eigenvalue weighted by Crippen LogP contribution is 2.40. The summed E-state index contributed by atoms with van der Waals surface area (Å²) in [5.74, 6) is 0. The van der Waals surface area contributed by atoms with Crippen LogP contribution >= 0.6 is 7.29 Å². The molecule has 1 N–H and O–H groups in total. The van der Waals surface area contributed by atoms with Crippen molar-refractivity contribution in [2.75, 3.05) is 0 Å². The molecule has 26 heavy (non-hydrogen) atoms. The summed E-state index contributed by atoms with van der Waals surface area (Å²) in [5, 5.41) is 5.30. The van der Waals surface area contributed by atoms with Crippen molar-refractivity contribution in [3.05, 3.63) is 86.0 Å². The monoisotopic (exact) mass is 367 g/mol. The lowest BCUT2D eigenvalue weighted by atomic mass is 10.0. The second-order valence-corrected chi connectivity index (χ2v) is 9.06. The number of benzene rings is 2. The summed E-state index contributed by atoms with van der Waals surface area (Å²) < 4.78 is 14.1. The van der Waals surface area contributed by atoms with E-state index >= 15 is 0 Å². The predicted octanol–water partition coefficient (Wildman–Crippen LogP) is 5.59. The van der Waals surface area contributed by atoms with E-state index in [1.807, 2.05) is 72.8 Å². The van der Waals surface area contributed by atoms with Gasteiger partial charge in [-0.1, -0.05) is 48.6 Å². The lowest BCUT2D eigenvalue weighted by Gasteiger charge is -2.27. The van der Waals surface area contributed by atoms with Gasteiger partial charge in [-0.15, -0.1) is 13.2 Å². The van der Waals surface area contributed by atoms with E-state index in [1.54, 1.807) is 0 Å². The smallest absolute Gasteiger partial charge is 0.204 e. The Balaban J connectivity index is 2.28. The van der Waals surface area contributed by atoms with E-state index in [1.165, 1.54) is 0 Å². The van der Waals surface area contributed by atoms with Gasteiger partial charge in [-0.25, -0.2) is 0 Å². The van der Waals surface area contributed by atoms with Crippen molar-refractivity contribution in [3.63, 3.8) is 0 Å². The Hall–Kier alpha value is -1.89. The van der Waals surface area contributed by atoms with Gasteiger partial charge in [-0.3, -0.25) is 9.65 Å². The Morgan fingerprint density at radius 1 is 0.808 bits per heavy atom. The van der Waals surface area contributed by atoms with Crippen molar-refractivity contribution in [3.8, 4) is 0 Å². The third-order valence-corrected chi connectivity index (χ3v) is 7.31. The minimum atomic E-state index is -2.88. The first-order chi connectivity index (χ1) is 12.7. The Bertz CT molecular complexity index is 654. The molecule has 0 atom stereocenters. The second kappa shape index (κ2) is 11.0. The fraction of sp³-hybridized carbons (Fsp3) is 0.304. The number of allylic oxidation sites excluding steroid dienone is 2. The third-order valence-electron chi connectivity index (χ3n) is 4.53. The zero-order chi connectivity index (χ0) is 18.7. The van der Waals surface area contributed by atoms with Gasteiger partial charge in [0.1, 0.15) is 0 Å². The molecule has 0 aliphatic carbocycles. The SMILES string of the molecule is C=CCCCC(CCCC=C)NP(=O)(c1ccccc1)c1ccccc1. The molecule has 2 aromatic carbocycles. The summed E-state index contributed by atoms with van der Waals surface area (Å²) in [5.41, 5.74) is 0. The highest BCUT2D eigenvalue weighted by Gasteiger charge is 2.29. The number of rotatable bonds is 12. The molecule has 0 fully saturated rings. The van der Waals surface area contributed by atoms with Crippen LogP contribution < -0.4 is 15.7 Å². The quantitative estimate of drug-likeness (QED) is 0.301. The van der Waals surface area contributed by atoms with Gasteiger partial charge in [0.25, 0.3) is 0 Å². The van der Waals surface area contributed by atoms with Crippen molar-refractivity contribution in [2.45, 2.75) is 44.6 Å². The molecule has 0 heterocycles. The molecule has 2 aromatic rings. The van der Waals surface area contributed by atoms with Crippen LogP contribution in [0.15, 0.2) is 86.0 Å². The molecule has 0 saturated carbocycles. The van der Waals surface area contributed by atoms with Gasteiger partial charge in [-0.05, 0) is 62.8 Å². The van der Waals surface area contributed by atoms with Crippen LogP contribution in [0.4, 0.5) is 0 Å². The first-order valence-electron chi connectivity index (χ1n) is 9.41. The van der Waals surface area contributed by atoms with E-state index in [0.29, 0.717) is 0 Å². The van der Waals surface area contributed by atoms with Gasteiger partial charge < -0.3 is 0 Å². The number of hydrogen-bond acceptors (Lipinski definition) is 1. The molecule has 0 aliphatic heterocycles. The van der Waals surface area contributed by atoms with Crippen LogP contribution in [0.1, 0.15) is 38.5 Å². The largest absolute Gasteiger partial charge is 0.297 e. The number of nitrogens with one attached hydrogen (secondary N) is 1. The van der Waals surface area contributed by atoms with Crippen LogP contribution in [-0.4, -0.2) is 6.04 Å². The minimum Gasteiger partial charge on any atom is -0.297 e. The van der Waals surface area contributed by atoms with Crippen molar-refractivity contribution < 1.29 is 4.57 Å². The van der Waals surface area contributed by atoms with Crippen LogP contribution in [0.5, 0.6) is 0 Å². The van der Waals surface area contributed by atoms with Crippen LogP contribution in [-0.2, 0) is 4.57 Å². The molecule has 0 aromatic heterocycles. The van der Waals surface area contributed by atoms with Gasteiger partial charge in [-0.2, -0.15) is 0 Å². The van der Waals surface area contributed by atoms with Crippen molar-refractivity contribution in [1.82, 2.24) is 5.09 Å². The summed E-state index contributed by atoms with van der Waals surface area (Å²) in [6, 6.07) is 19.8. The highest BCUT2D eigenvalue weighted by atomic mass is 31.2. The normalized spacial score (nSPS) is 11.4. The van der Waals surface area contributed by atoms with Gasteiger partial charge in [0, 0.05) is 16.7 Å². The lowest BCUT2D eigenvalue weighted by molar-refractivity contribution is 0.486. The first kappa shape index (κ1) is 20.4. The average Bonchev–Trinajstić information content (AvgIpc) is 2.69. The van der Waals surface area contributed by atoms with Crippen LogP contribution in [0.3, 0.4) is 0 Å². The minimum absolute atomic E-state index is 0.209. The maximum absolute atomic E-state index is 14.1. The number of hydrogen-bond donors (Lipinski definition) is 1. The van der Waals surface area contributed by atoms with Gasteiger partial charge in [0.15, 0.2) is 0 Å². The van der Waals surface area contributed by atoms with Crippen LogP contribution in [0.2, 0.25) is 0 Å².